The summed E-state index contributed by atoms with van der Waals surface area (Å²) in [5.74, 6) is 1.23. The van der Waals surface area contributed by atoms with Crippen LogP contribution in [0.15, 0.2) is 30.3 Å². The zero-order valence-electron chi connectivity index (χ0n) is 20.7. The van der Waals surface area contributed by atoms with Crippen molar-refractivity contribution in [3.05, 3.63) is 36.2 Å². The number of aliphatic hydroxyl groups is 1. The number of aromatic nitrogens is 4. The molecule has 5 rings (SSSR count). The number of alkyl halides is 2. The molecule has 2 aliphatic heterocycles. The van der Waals surface area contributed by atoms with Crippen LogP contribution in [-0.2, 0) is 4.74 Å². The quantitative estimate of drug-likeness (QED) is 0.529. The van der Waals surface area contributed by atoms with Crippen LogP contribution in [0.25, 0.3) is 17.0 Å². The lowest BCUT2D eigenvalue weighted by atomic mass is 10.1. The number of benzene rings is 1. The number of rotatable bonds is 7. The van der Waals surface area contributed by atoms with Crippen LogP contribution < -0.4 is 9.80 Å². The first-order valence-electron chi connectivity index (χ1n) is 12.6. The van der Waals surface area contributed by atoms with Crippen molar-refractivity contribution in [3.63, 3.8) is 0 Å². The summed E-state index contributed by atoms with van der Waals surface area (Å²) in [6.45, 7) is 9.57. The van der Waals surface area contributed by atoms with Gasteiger partial charge in [0.1, 0.15) is 11.6 Å². The maximum absolute atomic E-state index is 14.1. The number of fused-ring (bicyclic) bond motifs is 1. The maximum atomic E-state index is 14.1. The normalized spacial score (nSPS) is 21.6. The van der Waals surface area contributed by atoms with Crippen molar-refractivity contribution in [1.29, 1.82) is 0 Å². The van der Waals surface area contributed by atoms with Crippen molar-refractivity contribution in [2.75, 3.05) is 62.3 Å². The Labute approximate surface area is 209 Å². The third-order valence-electron chi connectivity index (χ3n) is 7.18. The highest BCUT2D eigenvalue weighted by Crippen LogP contribution is 2.31. The molecule has 2 aromatic heterocycles. The topological polar surface area (TPSA) is 82.8 Å². The van der Waals surface area contributed by atoms with Gasteiger partial charge in [0, 0.05) is 51.9 Å². The summed E-state index contributed by atoms with van der Waals surface area (Å²) in [5.41, 5.74) is 1.03. The predicted octanol–water partition coefficient (Wildman–Crippen LogP) is 2.87. The minimum Gasteiger partial charge on any atom is -0.396 e. The molecule has 36 heavy (non-hydrogen) atoms. The van der Waals surface area contributed by atoms with E-state index < -0.39 is 6.43 Å². The number of imidazole rings is 1. The van der Waals surface area contributed by atoms with E-state index >= 15 is 0 Å². The average molecular weight is 502 g/mol. The molecule has 2 atom stereocenters. The first-order chi connectivity index (χ1) is 17.5. The summed E-state index contributed by atoms with van der Waals surface area (Å²) >= 11 is 0. The fraction of sp³-hybridized carbons (Fsp3) is 0.560. The van der Waals surface area contributed by atoms with Gasteiger partial charge in [-0.05, 0) is 32.4 Å². The number of halogens is 2. The Bertz CT molecular complexity index is 1180. The number of hydrogen-bond donors (Lipinski definition) is 1. The molecule has 1 N–H and O–H groups in total. The Morgan fingerprint density at radius 1 is 1.03 bits per heavy atom. The number of morpholine rings is 1. The highest BCUT2D eigenvalue weighted by molar-refractivity contribution is 5.78. The fourth-order valence-corrected chi connectivity index (χ4v) is 4.97. The Balaban J connectivity index is 1.57. The molecule has 4 heterocycles. The number of aliphatic hydroxyl groups excluding tert-OH is 1. The summed E-state index contributed by atoms with van der Waals surface area (Å²) < 4.78 is 35.4. The predicted molar refractivity (Wildman–Crippen MR) is 134 cm³/mol. The van der Waals surface area contributed by atoms with Gasteiger partial charge in [0.15, 0.2) is 5.82 Å². The van der Waals surface area contributed by atoms with E-state index in [1.54, 1.807) is 24.3 Å². The number of piperazine rings is 1. The maximum Gasteiger partial charge on any atom is 0.296 e. The van der Waals surface area contributed by atoms with Crippen molar-refractivity contribution < 1.29 is 18.6 Å². The zero-order chi connectivity index (χ0) is 25.2. The lowest BCUT2D eigenvalue weighted by Crippen LogP contribution is -2.49. The Hall–Kier alpha value is -2.89. The molecule has 9 nitrogen and oxygen atoms in total. The number of hydrogen-bond acceptors (Lipinski definition) is 8. The molecular formula is C25H33F2N7O2. The minimum atomic E-state index is -2.77. The van der Waals surface area contributed by atoms with Gasteiger partial charge >= 0.3 is 0 Å². The largest absolute Gasteiger partial charge is 0.396 e. The minimum absolute atomic E-state index is 0.0152. The van der Waals surface area contributed by atoms with Crippen LogP contribution in [0.3, 0.4) is 0 Å². The van der Waals surface area contributed by atoms with Gasteiger partial charge in [-0.25, -0.2) is 13.8 Å². The third kappa shape index (κ3) is 4.87. The summed E-state index contributed by atoms with van der Waals surface area (Å²) in [4.78, 5) is 20.5. The van der Waals surface area contributed by atoms with E-state index in [0.29, 0.717) is 35.8 Å². The van der Waals surface area contributed by atoms with E-state index in [1.165, 1.54) is 4.57 Å². The summed E-state index contributed by atoms with van der Waals surface area (Å²) in [5, 5.41) is 9.15. The fourth-order valence-electron chi connectivity index (χ4n) is 4.97. The van der Waals surface area contributed by atoms with Crippen molar-refractivity contribution >= 4 is 22.7 Å². The smallest absolute Gasteiger partial charge is 0.296 e. The molecule has 2 saturated heterocycles. The van der Waals surface area contributed by atoms with Crippen molar-refractivity contribution in [2.45, 2.75) is 38.8 Å². The summed E-state index contributed by atoms with van der Waals surface area (Å²) in [6, 6.07) is 9.10. The molecule has 1 aromatic carbocycles. The number of anilines is 2. The van der Waals surface area contributed by atoms with Crippen LogP contribution in [0.1, 0.15) is 32.5 Å². The van der Waals surface area contributed by atoms with Crippen molar-refractivity contribution in [3.8, 4) is 5.95 Å². The van der Waals surface area contributed by atoms with Gasteiger partial charge in [-0.2, -0.15) is 9.97 Å². The Kier molecular flexibility index (Phi) is 7.31. The Morgan fingerprint density at radius 2 is 1.78 bits per heavy atom. The van der Waals surface area contributed by atoms with E-state index in [0.717, 1.165) is 39.1 Å². The highest BCUT2D eigenvalue weighted by Gasteiger charge is 2.30. The first-order valence-corrected chi connectivity index (χ1v) is 12.6. The molecule has 0 aliphatic carbocycles. The van der Waals surface area contributed by atoms with Gasteiger partial charge < -0.3 is 19.6 Å². The molecule has 0 radical (unpaired) electrons. The third-order valence-corrected chi connectivity index (χ3v) is 7.18. The molecule has 0 spiro atoms. The van der Waals surface area contributed by atoms with Crippen LogP contribution in [0.4, 0.5) is 20.4 Å². The van der Waals surface area contributed by atoms with Crippen LogP contribution in [0.2, 0.25) is 0 Å². The molecule has 0 amide bonds. The van der Waals surface area contributed by atoms with Gasteiger partial charge in [0.05, 0.1) is 29.8 Å². The van der Waals surface area contributed by atoms with E-state index in [4.69, 9.17) is 19.8 Å². The molecule has 2 fully saturated rings. The van der Waals surface area contributed by atoms with Crippen molar-refractivity contribution in [1.82, 2.24) is 24.4 Å². The first kappa shape index (κ1) is 24.8. The molecule has 0 bridgehead atoms. The standard InChI is InChI=1S/C25H33F2N7O2/c1-17-18(2)36-15-13-33(17)22-16-21(32-11-9-31(10-12-32)8-5-14-35)29-25(30-22)34-20-7-4-3-6-19(20)28-24(34)23(26)27/h3-4,6-7,16-18,23,35H,5,8-15H2,1-2H3/t17-,18-/m0/s1. The van der Waals surface area contributed by atoms with Crippen LogP contribution in [0, 0.1) is 0 Å². The van der Waals surface area contributed by atoms with Crippen molar-refractivity contribution in [2.24, 2.45) is 0 Å². The molecule has 3 aromatic rings. The zero-order valence-corrected chi connectivity index (χ0v) is 20.7. The molecule has 0 saturated carbocycles. The van der Waals surface area contributed by atoms with Gasteiger partial charge in [-0.1, -0.05) is 12.1 Å². The SMILES string of the molecule is C[C@@H]1OCCN(c2cc(N3CCN(CCCO)CC3)nc(-n3c(C(F)F)nc4ccccc43)n2)[C@H]1C. The molecule has 0 unspecified atom stereocenters. The number of nitrogens with zero attached hydrogens (tertiary/aromatic N) is 7. The summed E-state index contributed by atoms with van der Waals surface area (Å²) in [7, 11) is 0. The highest BCUT2D eigenvalue weighted by atomic mass is 19.3. The van der Waals surface area contributed by atoms with Gasteiger partial charge in [0.2, 0.25) is 5.95 Å². The molecule has 2 aliphatic rings. The van der Waals surface area contributed by atoms with E-state index in [9.17, 15) is 8.78 Å². The molecular weight excluding hydrogens is 468 g/mol. The number of ether oxygens (including phenoxy) is 1. The molecule has 11 heteroatoms. The van der Waals surface area contributed by atoms with Gasteiger partial charge in [-0.15, -0.1) is 0 Å². The lowest BCUT2D eigenvalue weighted by Gasteiger charge is -2.39. The molecule has 194 valence electrons. The monoisotopic (exact) mass is 501 g/mol. The van der Waals surface area contributed by atoms with Gasteiger partial charge in [-0.3, -0.25) is 9.47 Å². The van der Waals surface area contributed by atoms with E-state index in [-0.39, 0.29) is 30.5 Å². The van der Waals surface area contributed by atoms with E-state index in [2.05, 4.69) is 26.6 Å². The number of para-hydroxylation sites is 2. The van der Waals surface area contributed by atoms with Crippen LogP contribution in [-0.4, -0.2) is 94.2 Å². The summed E-state index contributed by atoms with van der Waals surface area (Å²) in [6.07, 6.45) is -2.01. The van der Waals surface area contributed by atoms with Crippen LogP contribution >= 0.6 is 0 Å². The van der Waals surface area contributed by atoms with Crippen LogP contribution in [0.5, 0.6) is 0 Å². The second-order valence-electron chi connectivity index (χ2n) is 9.39. The van der Waals surface area contributed by atoms with E-state index in [1.807, 2.05) is 13.0 Å². The Morgan fingerprint density at radius 3 is 2.53 bits per heavy atom. The average Bonchev–Trinajstić information content (AvgIpc) is 3.29. The second kappa shape index (κ2) is 10.6. The lowest BCUT2D eigenvalue weighted by molar-refractivity contribution is 0.0281. The van der Waals surface area contributed by atoms with Gasteiger partial charge in [0.25, 0.3) is 6.43 Å². The second-order valence-corrected chi connectivity index (χ2v) is 9.39.